The van der Waals surface area contributed by atoms with E-state index in [0.717, 1.165) is 5.56 Å². The van der Waals surface area contributed by atoms with Crippen LogP contribution in [-0.4, -0.2) is 5.84 Å². The molecule has 98 valence electrons. The monoisotopic (exact) mass is 258 g/mol. The van der Waals surface area contributed by atoms with Crippen molar-refractivity contribution < 1.29 is 9.13 Å². The van der Waals surface area contributed by atoms with E-state index in [1.807, 2.05) is 6.92 Å². The first-order valence-corrected chi connectivity index (χ1v) is 5.86. The van der Waals surface area contributed by atoms with E-state index in [1.54, 1.807) is 37.3 Å². The first-order chi connectivity index (χ1) is 8.97. The van der Waals surface area contributed by atoms with Crippen LogP contribution in [0.25, 0.3) is 0 Å². The molecule has 0 unspecified atom stereocenters. The molecule has 3 nitrogen and oxygen atoms in total. The molecule has 0 saturated carbocycles. The normalized spacial score (nSPS) is 10.3. The maximum absolute atomic E-state index is 13.4. The van der Waals surface area contributed by atoms with Crippen molar-refractivity contribution in [3.05, 3.63) is 58.9 Å². The molecule has 4 heteroatoms. The quantitative estimate of drug-likeness (QED) is 0.653. The van der Waals surface area contributed by atoms with Crippen molar-refractivity contribution in [1.29, 1.82) is 5.41 Å². The van der Waals surface area contributed by atoms with Crippen LogP contribution in [0.2, 0.25) is 0 Å². The minimum absolute atomic E-state index is 0.0189. The summed E-state index contributed by atoms with van der Waals surface area (Å²) in [7, 11) is 0. The molecule has 0 aliphatic carbocycles. The highest BCUT2D eigenvalue weighted by atomic mass is 19.1. The summed E-state index contributed by atoms with van der Waals surface area (Å²) in [6, 6.07) is 9.94. The third kappa shape index (κ3) is 2.91. The van der Waals surface area contributed by atoms with Gasteiger partial charge in [-0.05, 0) is 49.2 Å². The minimum Gasteiger partial charge on any atom is -0.457 e. The Morgan fingerprint density at radius 3 is 2.26 bits per heavy atom. The number of aryl methyl sites for hydroxylation is 2. The topological polar surface area (TPSA) is 59.1 Å². The number of nitrogens with two attached hydrogens (primary N) is 1. The average molecular weight is 258 g/mol. The molecule has 0 bridgehead atoms. The van der Waals surface area contributed by atoms with Crippen LogP contribution in [0.4, 0.5) is 4.39 Å². The third-order valence-electron chi connectivity index (χ3n) is 2.87. The van der Waals surface area contributed by atoms with E-state index >= 15 is 0 Å². The fourth-order valence-corrected chi connectivity index (χ4v) is 1.78. The zero-order valence-electron chi connectivity index (χ0n) is 10.8. The molecule has 0 heterocycles. The van der Waals surface area contributed by atoms with Crippen molar-refractivity contribution in [3.63, 3.8) is 0 Å². The molecule has 0 fully saturated rings. The summed E-state index contributed by atoms with van der Waals surface area (Å²) in [4.78, 5) is 0. The summed E-state index contributed by atoms with van der Waals surface area (Å²) in [5, 5.41) is 7.41. The van der Waals surface area contributed by atoms with Crippen LogP contribution < -0.4 is 10.5 Å². The number of rotatable bonds is 3. The standard InChI is InChI=1S/C15H15FN2O/c1-9-3-4-12(8-14(9)16)19-11-5-6-13(15(17)18)10(2)7-11/h3-8H,1-2H3,(H3,17,18). The summed E-state index contributed by atoms with van der Waals surface area (Å²) in [5.41, 5.74) is 7.54. The zero-order valence-corrected chi connectivity index (χ0v) is 10.8. The Kier molecular flexibility index (Phi) is 3.51. The molecular formula is C15H15FN2O. The van der Waals surface area contributed by atoms with Gasteiger partial charge in [0.05, 0.1) is 0 Å². The Balaban J connectivity index is 2.26. The molecule has 2 aromatic carbocycles. The highest BCUT2D eigenvalue weighted by molar-refractivity contribution is 5.96. The molecule has 3 N–H and O–H groups in total. The van der Waals surface area contributed by atoms with Crippen LogP contribution in [0.1, 0.15) is 16.7 Å². The Labute approximate surface area is 111 Å². The number of hydrogen-bond donors (Lipinski definition) is 2. The van der Waals surface area contributed by atoms with Crippen LogP contribution in [0.5, 0.6) is 11.5 Å². The molecular weight excluding hydrogens is 243 g/mol. The van der Waals surface area contributed by atoms with Gasteiger partial charge in [-0.2, -0.15) is 0 Å². The second kappa shape index (κ2) is 5.10. The lowest BCUT2D eigenvalue weighted by atomic mass is 10.1. The van der Waals surface area contributed by atoms with Crippen molar-refractivity contribution in [1.82, 2.24) is 0 Å². The molecule has 0 aliphatic heterocycles. The Bertz CT molecular complexity index is 638. The van der Waals surface area contributed by atoms with Gasteiger partial charge < -0.3 is 10.5 Å². The van der Waals surface area contributed by atoms with E-state index in [1.165, 1.54) is 6.07 Å². The van der Waals surface area contributed by atoms with Gasteiger partial charge in [-0.15, -0.1) is 0 Å². The Morgan fingerprint density at radius 1 is 1.05 bits per heavy atom. The maximum Gasteiger partial charge on any atom is 0.130 e. The van der Waals surface area contributed by atoms with Crippen molar-refractivity contribution >= 4 is 5.84 Å². The molecule has 2 aromatic rings. The second-order valence-corrected chi connectivity index (χ2v) is 4.40. The summed E-state index contributed by atoms with van der Waals surface area (Å²) in [6.45, 7) is 3.55. The number of nitrogen functional groups attached to an aromatic ring is 1. The van der Waals surface area contributed by atoms with Gasteiger partial charge in [0.1, 0.15) is 23.2 Å². The van der Waals surface area contributed by atoms with E-state index in [2.05, 4.69) is 0 Å². The summed E-state index contributed by atoms with van der Waals surface area (Å²) >= 11 is 0. The predicted molar refractivity (Wildman–Crippen MR) is 73.4 cm³/mol. The zero-order chi connectivity index (χ0) is 14.0. The molecule has 0 amide bonds. The van der Waals surface area contributed by atoms with Gasteiger partial charge in [0.25, 0.3) is 0 Å². The van der Waals surface area contributed by atoms with Crippen LogP contribution in [-0.2, 0) is 0 Å². The van der Waals surface area contributed by atoms with E-state index in [9.17, 15) is 4.39 Å². The Morgan fingerprint density at radius 2 is 1.68 bits per heavy atom. The van der Waals surface area contributed by atoms with Crippen LogP contribution in [0, 0.1) is 25.1 Å². The first kappa shape index (κ1) is 13.1. The molecule has 0 saturated heterocycles. The third-order valence-corrected chi connectivity index (χ3v) is 2.87. The number of ether oxygens (including phenoxy) is 1. The SMILES string of the molecule is Cc1ccc(Oc2ccc(C(=N)N)c(C)c2)cc1F. The molecule has 2 rings (SSSR count). The number of nitrogens with one attached hydrogen (secondary N) is 1. The van der Waals surface area contributed by atoms with Crippen LogP contribution in [0.15, 0.2) is 36.4 Å². The summed E-state index contributed by atoms with van der Waals surface area (Å²) in [6.07, 6.45) is 0. The van der Waals surface area contributed by atoms with Crippen molar-refractivity contribution in [3.8, 4) is 11.5 Å². The van der Waals surface area contributed by atoms with E-state index in [4.69, 9.17) is 15.9 Å². The van der Waals surface area contributed by atoms with Gasteiger partial charge in [0.2, 0.25) is 0 Å². The highest BCUT2D eigenvalue weighted by Crippen LogP contribution is 2.25. The predicted octanol–water partition coefficient (Wildman–Crippen LogP) is 3.52. The van der Waals surface area contributed by atoms with Gasteiger partial charge >= 0.3 is 0 Å². The fourth-order valence-electron chi connectivity index (χ4n) is 1.78. The van der Waals surface area contributed by atoms with Gasteiger partial charge in [0, 0.05) is 11.6 Å². The van der Waals surface area contributed by atoms with Crippen molar-refractivity contribution in [2.24, 2.45) is 5.73 Å². The van der Waals surface area contributed by atoms with Gasteiger partial charge in [-0.3, -0.25) is 5.41 Å². The van der Waals surface area contributed by atoms with Crippen molar-refractivity contribution in [2.45, 2.75) is 13.8 Å². The average Bonchev–Trinajstić information content (AvgIpc) is 2.33. The lowest BCUT2D eigenvalue weighted by molar-refractivity contribution is 0.475. The molecule has 0 aliphatic rings. The maximum atomic E-state index is 13.4. The Hall–Kier alpha value is -2.36. The molecule has 0 atom stereocenters. The molecule has 0 spiro atoms. The lowest BCUT2D eigenvalue weighted by Crippen LogP contribution is -2.12. The van der Waals surface area contributed by atoms with Gasteiger partial charge in [0.15, 0.2) is 0 Å². The lowest BCUT2D eigenvalue weighted by Gasteiger charge is -2.09. The van der Waals surface area contributed by atoms with E-state index in [-0.39, 0.29) is 11.7 Å². The summed E-state index contributed by atoms with van der Waals surface area (Å²) in [5.74, 6) is 0.754. The van der Waals surface area contributed by atoms with Crippen LogP contribution >= 0.6 is 0 Å². The number of hydrogen-bond acceptors (Lipinski definition) is 2. The molecule has 0 radical (unpaired) electrons. The van der Waals surface area contributed by atoms with Gasteiger partial charge in [-0.25, -0.2) is 4.39 Å². The second-order valence-electron chi connectivity index (χ2n) is 4.40. The van der Waals surface area contributed by atoms with E-state index in [0.29, 0.717) is 22.6 Å². The largest absolute Gasteiger partial charge is 0.457 e. The molecule has 0 aromatic heterocycles. The minimum atomic E-state index is -0.297. The first-order valence-electron chi connectivity index (χ1n) is 5.86. The van der Waals surface area contributed by atoms with Gasteiger partial charge in [-0.1, -0.05) is 6.07 Å². The van der Waals surface area contributed by atoms with E-state index < -0.39 is 0 Å². The van der Waals surface area contributed by atoms with Crippen molar-refractivity contribution in [2.75, 3.05) is 0 Å². The summed E-state index contributed by atoms with van der Waals surface area (Å²) < 4.78 is 19.0. The smallest absolute Gasteiger partial charge is 0.130 e. The van der Waals surface area contributed by atoms with Crippen LogP contribution in [0.3, 0.4) is 0 Å². The highest BCUT2D eigenvalue weighted by Gasteiger charge is 2.05. The molecule has 19 heavy (non-hydrogen) atoms. The number of halogens is 1. The fraction of sp³-hybridized carbons (Fsp3) is 0.133. The number of amidine groups is 1. The number of benzene rings is 2.